The first kappa shape index (κ1) is 14.2. The molecule has 0 aliphatic rings. The Morgan fingerprint density at radius 3 is 2.70 bits per heavy atom. The number of rotatable bonds is 6. The lowest BCUT2D eigenvalue weighted by Gasteiger charge is -2.09. The van der Waals surface area contributed by atoms with Crippen LogP contribution >= 0.6 is 0 Å². The van der Waals surface area contributed by atoms with Crippen molar-refractivity contribution in [3.05, 3.63) is 36.7 Å². The molecule has 1 heterocycles. The summed E-state index contributed by atoms with van der Waals surface area (Å²) in [5.41, 5.74) is 0.877. The first-order valence-electron chi connectivity index (χ1n) is 6.86. The third-order valence-electron chi connectivity index (χ3n) is 3.05. The molecule has 0 amide bonds. The average Bonchev–Trinajstić information content (AvgIpc) is 2.93. The van der Waals surface area contributed by atoms with Crippen LogP contribution in [0.25, 0.3) is 5.69 Å². The van der Waals surface area contributed by atoms with Crippen LogP contribution in [0.3, 0.4) is 0 Å². The smallest absolute Gasteiger partial charge is 0.311 e. The number of aromatic nitrogens is 3. The number of hydrogen-bond donors (Lipinski definition) is 0. The SMILES string of the molecule is CCCC(C)CC(=O)Oc1ccc(-n2ccnn2)cc1. The summed E-state index contributed by atoms with van der Waals surface area (Å²) >= 11 is 0. The molecule has 1 atom stereocenters. The van der Waals surface area contributed by atoms with Gasteiger partial charge in [0.2, 0.25) is 0 Å². The Labute approximate surface area is 118 Å². The highest BCUT2D eigenvalue weighted by Crippen LogP contribution is 2.17. The maximum absolute atomic E-state index is 11.8. The van der Waals surface area contributed by atoms with Crippen LogP contribution in [0, 0.1) is 5.92 Å². The summed E-state index contributed by atoms with van der Waals surface area (Å²) in [6.45, 7) is 4.18. The predicted molar refractivity (Wildman–Crippen MR) is 75.7 cm³/mol. The Bertz CT molecular complexity index is 535. The van der Waals surface area contributed by atoms with E-state index in [1.54, 1.807) is 29.2 Å². The minimum absolute atomic E-state index is 0.181. The Morgan fingerprint density at radius 2 is 2.10 bits per heavy atom. The molecule has 0 bridgehead atoms. The Balaban J connectivity index is 1.92. The zero-order chi connectivity index (χ0) is 14.4. The predicted octanol–water partition coefficient (Wildman–Crippen LogP) is 3.00. The van der Waals surface area contributed by atoms with Crippen LogP contribution < -0.4 is 4.74 Å². The zero-order valence-corrected chi connectivity index (χ0v) is 11.8. The molecule has 2 aromatic rings. The van der Waals surface area contributed by atoms with Gasteiger partial charge in [0, 0.05) is 6.42 Å². The van der Waals surface area contributed by atoms with Gasteiger partial charge in [-0.15, -0.1) is 5.10 Å². The average molecular weight is 273 g/mol. The first-order chi connectivity index (χ1) is 9.69. The Morgan fingerprint density at radius 1 is 1.35 bits per heavy atom. The number of hydrogen-bond acceptors (Lipinski definition) is 4. The minimum Gasteiger partial charge on any atom is -0.427 e. The van der Waals surface area contributed by atoms with E-state index >= 15 is 0 Å². The van der Waals surface area contributed by atoms with Crippen LogP contribution in [0.2, 0.25) is 0 Å². The highest BCUT2D eigenvalue weighted by atomic mass is 16.5. The van der Waals surface area contributed by atoms with Crippen LogP contribution in [0.5, 0.6) is 5.75 Å². The molecular weight excluding hydrogens is 254 g/mol. The van der Waals surface area contributed by atoms with Crippen molar-refractivity contribution in [3.63, 3.8) is 0 Å². The summed E-state index contributed by atoms with van der Waals surface area (Å²) in [4.78, 5) is 11.8. The number of ether oxygens (including phenoxy) is 1. The van der Waals surface area contributed by atoms with Gasteiger partial charge in [0.25, 0.3) is 0 Å². The van der Waals surface area contributed by atoms with Gasteiger partial charge in [0.15, 0.2) is 0 Å². The molecular formula is C15H19N3O2. The molecule has 0 fully saturated rings. The lowest BCUT2D eigenvalue weighted by molar-refractivity contribution is -0.135. The van der Waals surface area contributed by atoms with Crippen molar-refractivity contribution in [1.29, 1.82) is 0 Å². The van der Waals surface area contributed by atoms with Crippen molar-refractivity contribution in [1.82, 2.24) is 15.0 Å². The molecule has 2 rings (SSSR count). The summed E-state index contributed by atoms with van der Waals surface area (Å²) in [7, 11) is 0. The molecule has 1 unspecified atom stereocenters. The zero-order valence-electron chi connectivity index (χ0n) is 11.8. The normalized spacial score (nSPS) is 12.1. The van der Waals surface area contributed by atoms with Crippen LogP contribution in [-0.4, -0.2) is 21.0 Å². The fraction of sp³-hybridized carbons (Fsp3) is 0.400. The fourth-order valence-electron chi connectivity index (χ4n) is 2.07. The molecule has 0 saturated carbocycles. The molecule has 106 valence electrons. The second-order valence-electron chi connectivity index (χ2n) is 4.91. The van der Waals surface area contributed by atoms with E-state index in [1.807, 2.05) is 12.1 Å². The van der Waals surface area contributed by atoms with E-state index < -0.39 is 0 Å². The van der Waals surface area contributed by atoms with Crippen molar-refractivity contribution >= 4 is 5.97 Å². The van der Waals surface area contributed by atoms with E-state index in [2.05, 4.69) is 24.2 Å². The summed E-state index contributed by atoms with van der Waals surface area (Å²) in [6, 6.07) is 7.21. The van der Waals surface area contributed by atoms with Gasteiger partial charge in [-0.25, -0.2) is 4.68 Å². The van der Waals surface area contributed by atoms with Gasteiger partial charge in [-0.05, 0) is 30.2 Å². The maximum Gasteiger partial charge on any atom is 0.311 e. The standard InChI is InChI=1S/C15H19N3O2/c1-3-4-12(2)11-15(19)20-14-7-5-13(6-8-14)18-10-9-16-17-18/h5-10,12H,3-4,11H2,1-2H3. The first-order valence-corrected chi connectivity index (χ1v) is 6.86. The molecule has 0 spiro atoms. The molecule has 1 aromatic carbocycles. The topological polar surface area (TPSA) is 57.0 Å². The summed E-state index contributed by atoms with van der Waals surface area (Å²) in [6.07, 6.45) is 5.95. The van der Waals surface area contributed by atoms with Crippen molar-refractivity contribution in [3.8, 4) is 11.4 Å². The van der Waals surface area contributed by atoms with Crippen molar-refractivity contribution in [2.75, 3.05) is 0 Å². The highest BCUT2D eigenvalue weighted by molar-refractivity contribution is 5.72. The van der Waals surface area contributed by atoms with Gasteiger partial charge in [0.05, 0.1) is 18.1 Å². The number of benzene rings is 1. The minimum atomic E-state index is -0.181. The second-order valence-corrected chi connectivity index (χ2v) is 4.91. The highest BCUT2D eigenvalue weighted by Gasteiger charge is 2.10. The number of esters is 1. The van der Waals surface area contributed by atoms with Crippen LogP contribution in [0.15, 0.2) is 36.7 Å². The summed E-state index contributed by atoms with van der Waals surface area (Å²) < 4.78 is 6.97. The number of carbonyl (C=O) groups excluding carboxylic acids is 1. The molecule has 1 aromatic heterocycles. The van der Waals surface area contributed by atoms with Gasteiger partial charge >= 0.3 is 5.97 Å². The summed E-state index contributed by atoms with van der Waals surface area (Å²) in [5.74, 6) is 0.740. The van der Waals surface area contributed by atoms with Gasteiger partial charge in [-0.3, -0.25) is 4.79 Å². The van der Waals surface area contributed by atoms with Gasteiger partial charge in [-0.1, -0.05) is 31.9 Å². The molecule has 0 aliphatic heterocycles. The van der Waals surface area contributed by atoms with Gasteiger partial charge in [0.1, 0.15) is 5.75 Å². The Kier molecular flexibility index (Phi) is 4.87. The third kappa shape index (κ3) is 3.91. The molecule has 20 heavy (non-hydrogen) atoms. The van der Waals surface area contributed by atoms with Crippen molar-refractivity contribution < 1.29 is 9.53 Å². The molecule has 5 nitrogen and oxygen atoms in total. The maximum atomic E-state index is 11.8. The number of nitrogens with zero attached hydrogens (tertiary/aromatic N) is 3. The monoisotopic (exact) mass is 273 g/mol. The van der Waals surface area contributed by atoms with E-state index in [1.165, 1.54) is 0 Å². The van der Waals surface area contributed by atoms with Gasteiger partial charge in [-0.2, -0.15) is 0 Å². The lowest BCUT2D eigenvalue weighted by Crippen LogP contribution is -2.12. The summed E-state index contributed by atoms with van der Waals surface area (Å²) in [5, 5.41) is 7.64. The van der Waals surface area contributed by atoms with Crippen LogP contribution in [-0.2, 0) is 4.79 Å². The fourth-order valence-corrected chi connectivity index (χ4v) is 2.07. The van der Waals surface area contributed by atoms with E-state index in [0.717, 1.165) is 18.5 Å². The molecule has 0 saturated heterocycles. The van der Waals surface area contributed by atoms with E-state index in [0.29, 0.717) is 18.1 Å². The quantitative estimate of drug-likeness (QED) is 0.599. The largest absolute Gasteiger partial charge is 0.427 e. The second kappa shape index (κ2) is 6.84. The van der Waals surface area contributed by atoms with Crippen LogP contribution in [0.1, 0.15) is 33.1 Å². The molecule has 0 aliphatic carbocycles. The van der Waals surface area contributed by atoms with E-state index in [-0.39, 0.29) is 5.97 Å². The number of carbonyl (C=O) groups is 1. The van der Waals surface area contributed by atoms with Crippen LogP contribution in [0.4, 0.5) is 0 Å². The Hall–Kier alpha value is -2.17. The third-order valence-corrected chi connectivity index (χ3v) is 3.05. The van der Waals surface area contributed by atoms with E-state index in [4.69, 9.17) is 4.74 Å². The molecule has 5 heteroatoms. The van der Waals surface area contributed by atoms with Crippen molar-refractivity contribution in [2.45, 2.75) is 33.1 Å². The molecule has 0 radical (unpaired) electrons. The van der Waals surface area contributed by atoms with E-state index in [9.17, 15) is 4.79 Å². The molecule has 0 N–H and O–H groups in total. The lowest BCUT2D eigenvalue weighted by atomic mass is 10.0. The van der Waals surface area contributed by atoms with Gasteiger partial charge < -0.3 is 4.74 Å². The van der Waals surface area contributed by atoms with Crippen molar-refractivity contribution in [2.24, 2.45) is 5.92 Å².